The molecule has 1 unspecified atom stereocenters. The van der Waals surface area contributed by atoms with Gasteiger partial charge in [0, 0.05) is 5.92 Å². The van der Waals surface area contributed by atoms with Gasteiger partial charge < -0.3 is 0 Å². The standard InChI is InChI=1S/C8H12O/c1-6-3-4-8(5-6)7(2)9/h3,8H,4-5H2,1-2H3. The molecule has 1 rings (SSSR count). The molecule has 0 aromatic rings. The zero-order valence-electron chi connectivity index (χ0n) is 5.98. The number of carbonyl (C=O) groups excluding carboxylic acids is 1. The Labute approximate surface area is 55.8 Å². The molecular formula is C8H12O. The van der Waals surface area contributed by atoms with Crippen LogP contribution in [0.3, 0.4) is 0 Å². The molecule has 1 nitrogen and oxygen atoms in total. The Bertz CT molecular complexity index is 156. The molecule has 0 radical (unpaired) electrons. The summed E-state index contributed by atoms with van der Waals surface area (Å²) in [5.41, 5.74) is 1.37. The molecule has 50 valence electrons. The molecule has 0 saturated heterocycles. The van der Waals surface area contributed by atoms with Gasteiger partial charge in [0.2, 0.25) is 0 Å². The number of hydrogen-bond donors (Lipinski definition) is 0. The monoisotopic (exact) mass is 124 g/mol. The fourth-order valence-corrected chi connectivity index (χ4v) is 1.21. The van der Waals surface area contributed by atoms with Crippen LogP contribution in [0.1, 0.15) is 26.7 Å². The van der Waals surface area contributed by atoms with Crippen molar-refractivity contribution in [3.8, 4) is 0 Å². The Morgan fingerprint density at radius 2 is 2.44 bits per heavy atom. The highest BCUT2D eigenvalue weighted by Crippen LogP contribution is 2.24. The van der Waals surface area contributed by atoms with Gasteiger partial charge in [0.05, 0.1) is 0 Å². The van der Waals surface area contributed by atoms with E-state index in [2.05, 4.69) is 13.0 Å². The third-order valence-electron chi connectivity index (χ3n) is 1.89. The normalized spacial score (nSPS) is 26.0. The first-order valence-corrected chi connectivity index (χ1v) is 3.36. The Morgan fingerprint density at radius 1 is 1.78 bits per heavy atom. The Hall–Kier alpha value is -0.590. The van der Waals surface area contributed by atoms with E-state index in [0.29, 0.717) is 11.7 Å². The van der Waals surface area contributed by atoms with Crippen molar-refractivity contribution in [3.05, 3.63) is 11.6 Å². The molecule has 1 aliphatic rings. The van der Waals surface area contributed by atoms with Crippen LogP contribution in [-0.4, -0.2) is 5.78 Å². The molecule has 0 aromatic heterocycles. The van der Waals surface area contributed by atoms with Crippen LogP contribution in [0.5, 0.6) is 0 Å². The van der Waals surface area contributed by atoms with Gasteiger partial charge in [0.15, 0.2) is 0 Å². The predicted molar refractivity (Wildman–Crippen MR) is 37.2 cm³/mol. The summed E-state index contributed by atoms with van der Waals surface area (Å²) >= 11 is 0. The van der Waals surface area contributed by atoms with Gasteiger partial charge >= 0.3 is 0 Å². The summed E-state index contributed by atoms with van der Waals surface area (Å²) < 4.78 is 0. The van der Waals surface area contributed by atoms with E-state index in [0.717, 1.165) is 12.8 Å². The van der Waals surface area contributed by atoms with Crippen molar-refractivity contribution in [1.29, 1.82) is 0 Å². The van der Waals surface area contributed by atoms with Crippen molar-refractivity contribution in [3.63, 3.8) is 0 Å². The van der Waals surface area contributed by atoms with Gasteiger partial charge in [-0.05, 0) is 26.7 Å². The first-order chi connectivity index (χ1) is 4.20. The summed E-state index contributed by atoms with van der Waals surface area (Å²) in [6, 6.07) is 0. The third kappa shape index (κ3) is 1.41. The summed E-state index contributed by atoms with van der Waals surface area (Å²) in [5.74, 6) is 0.646. The number of ketones is 1. The minimum atomic E-state index is 0.310. The Kier molecular flexibility index (Phi) is 1.70. The molecule has 0 heterocycles. The number of Topliss-reactive ketones (excluding diaryl/α,β-unsaturated/α-hetero) is 1. The van der Waals surface area contributed by atoms with Crippen molar-refractivity contribution in [2.75, 3.05) is 0 Å². The number of allylic oxidation sites excluding steroid dienone is 2. The molecule has 0 fully saturated rings. The number of hydrogen-bond acceptors (Lipinski definition) is 1. The summed E-state index contributed by atoms with van der Waals surface area (Å²) in [6.07, 6.45) is 4.13. The van der Waals surface area contributed by atoms with Crippen LogP contribution in [0, 0.1) is 5.92 Å². The van der Waals surface area contributed by atoms with Crippen LogP contribution >= 0.6 is 0 Å². The molecule has 0 amide bonds. The van der Waals surface area contributed by atoms with Gasteiger partial charge in [-0.3, -0.25) is 4.79 Å². The van der Waals surface area contributed by atoms with Crippen molar-refractivity contribution in [2.24, 2.45) is 5.92 Å². The zero-order valence-corrected chi connectivity index (χ0v) is 5.98. The molecule has 0 bridgehead atoms. The zero-order chi connectivity index (χ0) is 6.85. The topological polar surface area (TPSA) is 17.1 Å². The minimum Gasteiger partial charge on any atom is -0.300 e. The van der Waals surface area contributed by atoms with Crippen LogP contribution in [-0.2, 0) is 4.79 Å². The summed E-state index contributed by atoms with van der Waals surface area (Å²) in [7, 11) is 0. The first-order valence-electron chi connectivity index (χ1n) is 3.36. The maximum Gasteiger partial charge on any atom is 0.133 e. The molecule has 0 saturated carbocycles. The van der Waals surface area contributed by atoms with Gasteiger partial charge in [0.1, 0.15) is 5.78 Å². The smallest absolute Gasteiger partial charge is 0.133 e. The highest BCUT2D eigenvalue weighted by molar-refractivity contribution is 5.79. The van der Waals surface area contributed by atoms with E-state index in [1.165, 1.54) is 5.57 Å². The maximum atomic E-state index is 10.8. The second-order valence-electron chi connectivity index (χ2n) is 2.80. The van der Waals surface area contributed by atoms with Crippen molar-refractivity contribution in [2.45, 2.75) is 26.7 Å². The average Bonchev–Trinajstić information content (AvgIpc) is 2.14. The van der Waals surface area contributed by atoms with Gasteiger partial charge in [0.25, 0.3) is 0 Å². The van der Waals surface area contributed by atoms with E-state index in [-0.39, 0.29) is 0 Å². The molecule has 9 heavy (non-hydrogen) atoms. The average molecular weight is 124 g/mol. The molecule has 0 aromatic carbocycles. The molecule has 1 aliphatic carbocycles. The van der Waals surface area contributed by atoms with Crippen molar-refractivity contribution >= 4 is 5.78 Å². The quantitative estimate of drug-likeness (QED) is 0.488. The SMILES string of the molecule is CC(=O)C1CC=C(C)C1. The van der Waals surface area contributed by atoms with E-state index < -0.39 is 0 Å². The van der Waals surface area contributed by atoms with Gasteiger partial charge in [-0.1, -0.05) is 11.6 Å². The van der Waals surface area contributed by atoms with E-state index >= 15 is 0 Å². The molecule has 1 heteroatoms. The molecule has 0 N–H and O–H groups in total. The molecule has 0 spiro atoms. The lowest BCUT2D eigenvalue weighted by molar-refractivity contribution is -0.120. The first kappa shape index (κ1) is 6.53. The Balaban J connectivity index is 2.47. The van der Waals surface area contributed by atoms with Crippen LogP contribution in [0.15, 0.2) is 11.6 Å². The van der Waals surface area contributed by atoms with Gasteiger partial charge in [-0.15, -0.1) is 0 Å². The molecule has 1 atom stereocenters. The lowest BCUT2D eigenvalue weighted by Crippen LogP contribution is -2.05. The van der Waals surface area contributed by atoms with E-state index in [9.17, 15) is 4.79 Å². The highest BCUT2D eigenvalue weighted by Gasteiger charge is 2.17. The van der Waals surface area contributed by atoms with Crippen molar-refractivity contribution in [1.82, 2.24) is 0 Å². The van der Waals surface area contributed by atoms with Crippen LogP contribution in [0.4, 0.5) is 0 Å². The second-order valence-corrected chi connectivity index (χ2v) is 2.80. The lowest BCUT2D eigenvalue weighted by Gasteiger charge is -2.01. The largest absolute Gasteiger partial charge is 0.300 e. The second kappa shape index (κ2) is 2.34. The fourth-order valence-electron chi connectivity index (χ4n) is 1.21. The van der Waals surface area contributed by atoms with Crippen LogP contribution < -0.4 is 0 Å². The molecular weight excluding hydrogens is 112 g/mol. The van der Waals surface area contributed by atoms with Crippen molar-refractivity contribution < 1.29 is 4.79 Å². The van der Waals surface area contributed by atoms with E-state index in [1.54, 1.807) is 6.92 Å². The Morgan fingerprint density at radius 3 is 2.67 bits per heavy atom. The summed E-state index contributed by atoms with van der Waals surface area (Å²) in [5, 5.41) is 0. The predicted octanol–water partition coefficient (Wildman–Crippen LogP) is 1.93. The van der Waals surface area contributed by atoms with Gasteiger partial charge in [-0.2, -0.15) is 0 Å². The van der Waals surface area contributed by atoms with E-state index in [1.807, 2.05) is 0 Å². The third-order valence-corrected chi connectivity index (χ3v) is 1.89. The number of carbonyl (C=O) groups is 1. The number of rotatable bonds is 1. The van der Waals surface area contributed by atoms with Crippen LogP contribution in [0.2, 0.25) is 0 Å². The highest BCUT2D eigenvalue weighted by atomic mass is 16.1. The summed E-state index contributed by atoms with van der Waals surface area (Å²) in [4.78, 5) is 10.8. The van der Waals surface area contributed by atoms with Gasteiger partial charge in [-0.25, -0.2) is 0 Å². The van der Waals surface area contributed by atoms with Crippen LogP contribution in [0.25, 0.3) is 0 Å². The molecule has 0 aliphatic heterocycles. The lowest BCUT2D eigenvalue weighted by atomic mass is 10.0. The maximum absolute atomic E-state index is 10.8. The fraction of sp³-hybridized carbons (Fsp3) is 0.625. The minimum absolute atomic E-state index is 0.310. The summed E-state index contributed by atoms with van der Waals surface area (Å²) in [6.45, 7) is 3.76. The van der Waals surface area contributed by atoms with E-state index in [4.69, 9.17) is 0 Å².